The van der Waals surface area contributed by atoms with Gasteiger partial charge in [-0.05, 0) is 24.6 Å². The number of H-pyrrole nitrogens is 1. The SMILES string of the molecule is CCC(C)c1nc2ccc(Cl)cc2[nH]1. The normalized spacial score (nSPS) is 13.4. The lowest BCUT2D eigenvalue weighted by molar-refractivity contribution is 0.692. The van der Waals surface area contributed by atoms with Crippen LogP contribution in [0.3, 0.4) is 0 Å². The molecule has 2 rings (SSSR count). The van der Waals surface area contributed by atoms with E-state index >= 15 is 0 Å². The number of halogens is 1. The van der Waals surface area contributed by atoms with Crippen molar-refractivity contribution in [3.05, 3.63) is 29.0 Å². The Labute approximate surface area is 88.3 Å². The van der Waals surface area contributed by atoms with Crippen LogP contribution in [0.15, 0.2) is 18.2 Å². The van der Waals surface area contributed by atoms with Crippen LogP contribution < -0.4 is 0 Å². The van der Waals surface area contributed by atoms with Crippen LogP contribution in [0.4, 0.5) is 0 Å². The molecule has 1 unspecified atom stereocenters. The fraction of sp³-hybridized carbons (Fsp3) is 0.364. The van der Waals surface area contributed by atoms with Crippen molar-refractivity contribution in [1.29, 1.82) is 0 Å². The lowest BCUT2D eigenvalue weighted by Crippen LogP contribution is -1.92. The van der Waals surface area contributed by atoms with E-state index in [0.29, 0.717) is 5.92 Å². The number of imidazole rings is 1. The summed E-state index contributed by atoms with van der Waals surface area (Å²) in [5.41, 5.74) is 2.01. The largest absolute Gasteiger partial charge is 0.342 e. The fourth-order valence-corrected chi connectivity index (χ4v) is 1.60. The van der Waals surface area contributed by atoms with Crippen molar-refractivity contribution in [2.45, 2.75) is 26.2 Å². The summed E-state index contributed by atoms with van der Waals surface area (Å²) in [6.07, 6.45) is 1.09. The number of aromatic amines is 1. The number of nitrogens with one attached hydrogen (secondary N) is 1. The van der Waals surface area contributed by atoms with Crippen LogP contribution in [-0.4, -0.2) is 9.97 Å². The van der Waals surface area contributed by atoms with E-state index in [4.69, 9.17) is 11.6 Å². The predicted molar refractivity (Wildman–Crippen MR) is 59.8 cm³/mol. The number of rotatable bonds is 2. The van der Waals surface area contributed by atoms with Crippen LogP contribution in [0.25, 0.3) is 11.0 Å². The molecule has 0 bridgehead atoms. The Morgan fingerprint density at radius 2 is 2.29 bits per heavy atom. The molecule has 2 aromatic rings. The van der Waals surface area contributed by atoms with Gasteiger partial charge in [-0.25, -0.2) is 4.98 Å². The summed E-state index contributed by atoms with van der Waals surface area (Å²) in [4.78, 5) is 7.80. The maximum Gasteiger partial charge on any atom is 0.110 e. The summed E-state index contributed by atoms with van der Waals surface area (Å²) in [5.74, 6) is 1.52. The summed E-state index contributed by atoms with van der Waals surface area (Å²) in [6.45, 7) is 4.32. The van der Waals surface area contributed by atoms with Gasteiger partial charge in [-0.2, -0.15) is 0 Å². The topological polar surface area (TPSA) is 28.7 Å². The van der Waals surface area contributed by atoms with Crippen LogP contribution >= 0.6 is 11.6 Å². The zero-order chi connectivity index (χ0) is 10.1. The minimum absolute atomic E-state index is 0.473. The van der Waals surface area contributed by atoms with E-state index in [1.165, 1.54) is 0 Å². The second kappa shape index (κ2) is 3.62. The van der Waals surface area contributed by atoms with Gasteiger partial charge in [0.1, 0.15) is 5.82 Å². The molecule has 1 N–H and O–H groups in total. The van der Waals surface area contributed by atoms with Crippen LogP contribution in [0.5, 0.6) is 0 Å². The summed E-state index contributed by atoms with van der Waals surface area (Å²) in [5, 5.41) is 0.747. The Morgan fingerprint density at radius 1 is 1.50 bits per heavy atom. The Bertz CT molecular complexity index is 447. The molecule has 0 radical (unpaired) electrons. The summed E-state index contributed by atoms with van der Waals surface area (Å²) >= 11 is 5.89. The second-order valence-corrected chi connectivity index (χ2v) is 4.03. The van der Waals surface area contributed by atoms with E-state index in [-0.39, 0.29) is 0 Å². The maximum atomic E-state index is 5.89. The maximum absolute atomic E-state index is 5.89. The fourth-order valence-electron chi connectivity index (χ4n) is 1.43. The molecule has 1 heterocycles. The van der Waals surface area contributed by atoms with Gasteiger partial charge in [-0.15, -0.1) is 0 Å². The standard InChI is InChI=1S/C11H13ClN2/c1-3-7(2)11-13-9-5-4-8(12)6-10(9)14-11/h4-7H,3H2,1-2H3,(H,13,14). The first-order valence-electron chi connectivity index (χ1n) is 4.86. The molecule has 74 valence electrons. The van der Waals surface area contributed by atoms with Gasteiger partial charge in [0.25, 0.3) is 0 Å². The van der Waals surface area contributed by atoms with Crippen molar-refractivity contribution >= 4 is 22.6 Å². The van der Waals surface area contributed by atoms with Crippen molar-refractivity contribution in [1.82, 2.24) is 9.97 Å². The first-order valence-corrected chi connectivity index (χ1v) is 5.23. The van der Waals surface area contributed by atoms with E-state index in [0.717, 1.165) is 28.3 Å². The number of nitrogens with zero attached hydrogens (tertiary/aromatic N) is 1. The van der Waals surface area contributed by atoms with E-state index in [2.05, 4.69) is 23.8 Å². The third-order valence-electron chi connectivity index (χ3n) is 2.54. The molecular weight excluding hydrogens is 196 g/mol. The molecule has 3 heteroatoms. The highest BCUT2D eigenvalue weighted by atomic mass is 35.5. The lowest BCUT2D eigenvalue weighted by Gasteiger charge is -2.01. The van der Waals surface area contributed by atoms with E-state index in [9.17, 15) is 0 Å². The summed E-state index contributed by atoms with van der Waals surface area (Å²) < 4.78 is 0. The van der Waals surface area contributed by atoms with E-state index < -0.39 is 0 Å². The number of fused-ring (bicyclic) bond motifs is 1. The van der Waals surface area contributed by atoms with E-state index in [1.54, 1.807) is 0 Å². The van der Waals surface area contributed by atoms with Crippen molar-refractivity contribution in [2.24, 2.45) is 0 Å². The third kappa shape index (κ3) is 1.62. The van der Waals surface area contributed by atoms with Crippen LogP contribution in [0.1, 0.15) is 32.0 Å². The number of hydrogen-bond donors (Lipinski definition) is 1. The van der Waals surface area contributed by atoms with Crippen molar-refractivity contribution < 1.29 is 0 Å². The average Bonchev–Trinajstić information content (AvgIpc) is 2.59. The number of aromatic nitrogens is 2. The van der Waals surface area contributed by atoms with Gasteiger partial charge in [0.05, 0.1) is 11.0 Å². The van der Waals surface area contributed by atoms with Gasteiger partial charge < -0.3 is 4.98 Å². The van der Waals surface area contributed by atoms with E-state index in [1.807, 2.05) is 18.2 Å². The predicted octanol–water partition coefficient (Wildman–Crippen LogP) is 3.73. The lowest BCUT2D eigenvalue weighted by atomic mass is 10.1. The zero-order valence-corrected chi connectivity index (χ0v) is 9.10. The molecule has 2 nitrogen and oxygen atoms in total. The minimum atomic E-state index is 0.473. The molecule has 0 aliphatic rings. The molecule has 14 heavy (non-hydrogen) atoms. The highest BCUT2D eigenvalue weighted by molar-refractivity contribution is 6.31. The van der Waals surface area contributed by atoms with Crippen molar-refractivity contribution in [3.8, 4) is 0 Å². The first-order chi connectivity index (χ1) is 6.70. The highest BCUT2D eigenvalue weighted by Crippen LogP contribution is 2.21. The Kier molecular flexibility index (Phi) is 2.46. The number of hydrogen-bond acceptors (Lipinski definition) is 1. The Morgan fingerprint density at radius 3 is 3.00 bits per heavy atom. The van der Waals surface area contributed by atoms with Gasteiger partial charge >= 0.3 is 0 Å². The van der Waals surface area contributed by atoms with Gasteiger partial charge in [0.15, 0.2) is 0 Å². The molecule has 0 spiro atoms. The van der Waals surface area contributed by atoms with Crippen LogP contribution in [0.2, 0.25) is 5.02 Å². The van der Waals surface area contributed by atoms with Gasteiger partial charge in [0.2, 0.25) is 0 Å². The molecule has 0 amide bonds. The minimum Gasteiger partial charge on any atom is -0.342 e. The quantitative estimate of drug-likeness (QED) is 0.801. The first kappa shape index (κ1) is 9.53. The monoisotopic (exact) mass is 208 g/mol. The molecule has 1 aromatic carbocycles. The Balaban J connectivity index is 2.51. The average molecular weight is 209 g/mol. The molecule has 0 fully saturated rings. The zero-order valence-electron chi connectivity index (χ0n) is 8.34. The third-order valence-corrected chi connectivity index (χ3v) is 2.78. The molecule has 1 atom stereocenters. The molecule has 0 aliphatic carbocycles. The van der Waals surface area contributed by atoms with Crippen LogP contribution in [0, 0.1) is 0 Å². The van der Waals surface area contributed by atoms with Crippen molar-refractivity contribution in [3.63, 3.8) is 0 Å². The molecule has 1 aromatic heterocycles. The van der Waals surface area contributed by atoms with Crippen molar-refractivity contribution in [2.75, 3.05) is 0 Å². The Hall–Kier alpha value is -1.02. The molecule has 0 aliphatic heterocycles. The van der Waals surface area contributed by atoms with Gasteiger partial charge in [-0.3, -0.25) is 0 Å². The second-order valence-electron chi connectivity index (χ2n) is 3.59. The summed E-state index contributed by atoms with van der Waals surface area (Å²) in [7, 11) is 0. The smallest absolute Gasteiger partial charge is 0.110 e. The highest BCUT2D eigenvalue weighted by Gasteiger charge is 2.08. The van der Waals surface area contributed by atoms with Gasteiger partial charge in [0, 0.05) is 10.9 Å². The molecule has 0 saturated carbocycles. The van der Waals surface area contributed by atoms with Crippen LogP contribution in [-0.2, 0) is 0 Å². The van der Waals surface area contributed by atoms with Gasteiger partial charge in [-0.1, -0.05) is 25.4 Å². The number of benzene rings is 1. The summed E-state index contributed by atoms with van der Waals surface area (Å²) in [6, 6.07) is 5.72. The molecular formula is C11H13ClN2. The molecule has 0 saturated heterocycles.